The first kappa shape index (κ1) is 14.0. The largest absolute Gasteiger partial charge is 0.394 e. The second-order valence-electron chi connectivity index (χ2n) is 4.51. The maximum atomic E-state index is 11.7. The molecule has 0 radical (unpaired) electrons. The molecule has 1 fully saturated rings. The van der Waals surface area contributed by atoms with Crippen LogP contribution in [0.1, 0.15) is 38.5 Å². The molecule has 1 rings (SSSR count). The van der Waals surface area contributed by atoms with Gasteiger partial charge >= 0.3 is 0 Å². The highest BCUT2D eigenvalue weighted by atomic mass is 16.5. The fourth-order valence-corrected chi connectivity index (χ4v) is 1.96. The number of aliphatic hydroxyl groups is 1. The van der Waals surface area contributed by atoms with E-state index in [0.717, 1.165) is 12.8 Å². The molecule has 1 aliphatic rings. The van der Waals surface area contributed by atoms with Gasteiger partial charge in [-0.25, -0.2) is 0 Å². The third kappa shape index (κ3) is 4.76. The molecule has 1 heterocycles. The highest BCUT2D eigenvalue weighted by Gasteiger charge is 2.33. The molecule has 1 amide bonds. The SMILES string of the molecule is C#CCCCCC(=O)NC1(CO)CCOCC1. The smallest absolute Gasteiger partial charge is 0.220 e. The highest BCUT2D eigenvalue weighted by Crippen LogP contribution is 2.20. The fraction of sp³-hybridized carbons (Fsp3) is 0.769. The monoisotopic (exact) mass is 239 g/mol. The number of hydrogen-bond acceptors (Lipinski definition) is 3. The van der Waals surface area contributed by atoms with Crippen molar-refractivity contribution in [1.82, 2.24) is 5.32 Å². The van der Waals surface area contributed by atoms with E-state index in [1.54, 1.807) is 0 Å². The Kier molecular flexibility index (Phi) is 6.03. The molecule has 4 heteroatoms. The molecule has 0 spiro atoms. The summed E-state index contributed by atoms with van der Waals surface area (Å²) in [5, 5.41) is 12.3. The van der Waals surface area contributed by atoms with E-state index in [4.69, 9.17) is 11.2 Å². The van der Waals surface area contributed by atoms with Crippen molar-refractivity contribution >= 4 is 5.91 Å². The van der Waals surface area contributed by atoms with Gasteiger partial charge in [0.2, 0.25) is 5.91 Å². The maximum Gasteiger partial charge on any atom is 0.220 e. The first-order chi connectivity index (χ1) is 8.22. The van der Waals surface area contributed by atoms with E-state index in [1.807, 2.05) is 0 Å². The van der Waals surface area contributed by atoms with Gasteiger partial charge in [0.25, 0.3) is 0 Å². The number of terminal acetylenes is 1. The van der Waals surface area contributed by atoms with Crippen LogP contribution >= 0.6 is 0 Å². The van der Waals surface area contributed by atoms with Gasteiger partial charge in [0, 0.05) is 26.1 Å². The van der Waals surface area contributed by atoms with Crippen molar-refractivity contribution < 1.29 is 14.6 Å². The van der Waals surface area contributed by atoms with Gasteiger partial charge < -0.3 is 15.2 Å². The molecule has 0 aromatic heterocycles. The van der Waals surface area contributed by atoms with Crippen molar-refractivity contribution in [3.8, 4) is 12.3 Å². The Morgan fingerprint density at radius 2 is 2.12 bits per heavy atom. The lowest BCUT2D eigenvalue weighted by Gasteiger charge is -2.36. The summed E-state index contributed by atoms with van der Waals surface area (Å²) in [6.45, 7) is 1.17. The lowest BCUT2D eigenvalue weighted by molar-refractivity contribution is -0.125. The molecule has 17 heavy (non-hydrogen) atoms. The highest BCUT2D eigenvalue weighted by molar-refractivity contribution is 5.76. The number of unbranched alkanes of at least 4 members (excludes halogenated alkanes) is 2. The summed E-state index contributed by atoms with van der Waals surface area (Å²) in [7, 11) is 0. The van der Waals surface area contributed by atoms with Crippen LogP contribution in [-0.2, 0) is 9.53 Å². The van der Waals surface area contributed by atoms with Crippen LogP contribution in [0.5, 0.6) is 0 Å². The molecule has 0 atom stereocenters. The summed E-state index contributed by atoms with van der Waals surface area (Å²) in [5.74, 6) is 2.55. The number of ether oxygens (including phenoxy) is 1. The first-order valence-electron chi connectivity index (χ1n) is 6.15. The third-order valence-corrected chi connectivity index (χ3v) is 3.13. The van der Waals surface area contributed by atoms with E-state index in [9.17, 15) is 9.90 Å². The second kappa shape index (κ2) is 7.31. The van der Waals surface area contributed by atoms with Crippen LogP contribution < -0.4 is 5.32 Å². The van der Waals surface area contributed by atoms with Gasteiger partial charge in [0.1, 0.15) is 0 Å². The van der Waals surface area contributed by atoms with E-state index in [-0.39, 0.29) is 12.5 Å². The predicted octanol–water partition coefficient (Wildman–Crippen LogP) is 0.838. The number of carbonyl (C=O) groups excluding carboxylic acids is 1. The van der Waals surface area contributed by atoms with Gasteiger partial charge in [-0.05, 0) is 25.7 Å². The van der Waals surface area contributed by atoms with Crippen molar-refractivity contribution in [3.63, 3.8) is 0 Å². The van der Waals surface area contributed by atoms with E-state index in [1.165, 1.54) is 0 Å². The van der Waals surface area contributed by atoms with E-state index in [2.05, 4.69) is 11.2 Å². The minimum absolute atomic E-state index is 0.00188. The average molecular weight is 239 g/mol. The predicted molar refractivity (Wildman–Crippen MR) is 65.3 cm³/mol. The molecule has 0 saturated carbocycles. The lowest BCUT2D eigenvalue weighted by Crippen LogP contribution is -2.54. The van der Waals surface area contributed by atoms with E-state index >= 15 is 0 Å². The minimum Gasteiger partial charge on any atom is -0.394 e. The molecule has 0 unspecified atom stereocenters. The molecule has 2 N–H and O–H groups in total. The van der Waals surface area contributed by atoms with E-state index < -0.39 is 5.54 Å². The lowest BCUT2D eigenvalue weighted by atomic mass is 9.90. The van der Waals surface area contributed by atoms with Gasteiger partial charge in [-0.3, -0.25) is 4.79 Å². The molecule has 96 valence electrons. The standard InChI is InChI=1S/C13H21NO3/c1-2-3-4-5-6-12(16)14-13(11-15)7-9-17-10-8-13/h1,15H,3-11H2,(H,14,16). The summed E-state index contributed by atoms with van der Waals surface area (Å²) in [6.07, 6.45) is 9.37. The number of hydrogen-bond donors (Lipinski definition) is 2. The number of rotatable bonds is 6. The van der Waals surface area contributed by atoms with Crippen molar-refractivity contribution in [1.29, 1.82) is 0 Å². The normalized spacial score (nSPS) is 18.4. The fourth-order valence-electron chi connectivity index (χ4n) is 1.96. The van der Waals surface area contributed by atoms with Crippen LogP contribution in [0.25, 0.3) is 0 Å². The van der Waals surface area contributed by atoms with Gasteiger partial charge in [-0.1, -0.05) is 0 Å². The van der Waals surface area contributed by atoms with Gasteiger partial charge in [-0.15, -0.1) is 12.3 Å². The third-order valence-electron chi connectivity index (χ3n) is 3.13. The molecule has 0 bridgehead atoms. The van der Waals surface area contributed by atoms with Gasteiger partial charge in [0.15, 0.2) is 0 Å². The Morgan fingerprint density at radius 3 is 2.71 bits per heavy atom. The van der Waals surface area contributed by atoms with Gasteiger partial charge in [0.05, 0.1) is 12.1 Å². The Labute approximate surface area is 103 Å². The number of amides is 1. The van der Waals surface area contributed by atoms with Crippen molar-refractivity contribution in [3.05, 3.63) is 0 Å². The topological polar surface area (TPSA) is 58.6 Å². The minimum atomic E-state index is -0.471. The Morgan fingerprint density at radius 1 is 1.41 bits per heavy atom. The molecule has 0 aliphatic carbocycles. The Hall–Kier alpha value is -1.05. The number of aliphatic hydroxyl groups excluding tert-OH is 1. The quantitative estimate of drug-likeness (QED) is 0.533. The van der Waals surface area contributed by atoms with Crippen molar-refractivity contribution in [2.24, 2.45) is 0 Å². The van der Waals surface area contributed by atoms with Crippen LogP contribution in [0.3, 0.4) is 0 Å². The van der Waals surface area contributed by atoms with Crippen LogP contribution in [0, 0.1) is 12.3 Å². The van der Waals surface area contributed by atoms with E-state index in [0.29, 0.717) is 38.9 Å². The molecular formula is C13H21NO3. The zero-order valence-corrected chi connectivity index (χ0v) is 10.2. The number of carbonyl (C=O) groups is 1. The molecule has 0 aromatic rings. The summed E-state index contributed by atoms with van der Waals surface area (Å²) in [4.78, 5) is 11.7. The first-order valence-corrected chi connectivity index (χ1v) is 6.15. The molecule has 4 nitrogen and oxygen atoms in total. The van der Waals surface area contributed by atoms with Crippen LogP contribution in [0.15, 0.2) is 0 Å². The summed E-state index contributed by atoms with van der Waals surface area (Å²) in [5.41, 5.74) is -0.471. The summed E-state index contributed by atoms with van der Waals surface area (Å²) in [6, 6.07) is 0. The molecule has 1 aliphatic heterocycles. The summed E-state index contributed by atoms with van der Waals surface area (Å²) >= 11 is 0. The molecule has 1 saturated heterocycles. The zero-order chi connectivity index (χ0) is 12.6. The number of nitrogens with one attached hydrogen (secondary N) is 1. The van der Waals surface area contributed by atoms with Crippen LogP contribution in [0.2, 0.25) is 0 Å². The Bertz CT molecular complexity index is 277. The average Bonchev–Trinajstić information content (AvgIpc) is 2.36. The molecular weight excluding hydrogens is 218 g/mol. The maximum absolute atomic E-state index is 11.7. The van der Waals surface area contributed by atoms with Crippen LogP contribution in [-0.4, -0.2) is 36.4 Å². The Balaban J connectivity index is 2.30. The molecule has 0 aromatic carbocycles. The van der Waals surface area contributed by atoms with Gasteiger partial charge in [-0.2, -0.15) is 0 Å². The zero-order valence-electron chi connectivity index (χ0n) is 10.2. The van der Waals surface area contributed by atoms with Crippen molar-refractivity contribution in [2.75, 3.05) is 19.8 Å². The van der Waals surface area contributed by atoms with Crippen molar-refractivity contribution in [2.45, 2.75) is 44.1 Å². The van der Waals surface area contributed by atoms with Crippen LogP contribution in [0.4, 0.5) is 0 Å². The second-order valence-corrected chi connectivity index (χ2v) is 4.51. The summed E-state index contributed by atoms with van der Waals surface area (Å²) < 4.78 is 5.24.